The van der Waals surface area contributed by atoms with E-state index in [1.807, 2.05) is 12.1 Å². The number of amides is 1. The maximum atomic E-state index is 11.9. The lowest BCUT2D eigenvalue weighted by Crippen LogP contribution is -2.34. The molecule has 1 fully saturated rings. The first-order valence-electron chi connectivity index (χ1n) is 7.59. The van der Waals surface area contributed by atoms with Gasteiger partial charge in [-0.05, 0) is 36.0 Å². The third-order valence-corrected chi connectivity index (χ3v) is 3.94. The van der Waals surface area contributed by atoms with Crippen LogP contribution in [0.3, 0.4) is 0 Å². The SMILES string of the molecule is CC(C)(C)c1ccc(NC(=O)CNC2CCCC2)cc1. The van der Waals surface area contributed by atoms with E-state index in [2.05, 4.69) is 43.5 Å². The Labute approximate surface area is 122 Å². The van der Waals surface area contributed by atoms with Crippen molar-refractivity contribution < 1.29 is 4.79 Å². The summed E-state index contributed by atoms with van der Waals surface area (Å²) in [6.45, 7) is 6.97. The zero-order valence-corrected chi connectivity index (χ0v) is 12.8. The topological polar surface area (TPSA) is 41.1 Å². The normalized spacial score (nSPS) is 16.4. The number of hydrogen-bond donors (Lipinski definition) is 2. The lowest BCUT2D eigenvalue weighted by molar-refractivity contribution is -0.115. The van der Waals surface area contributed by atoms with Crippen LogP contribution in [0.25, 0.3) is 0 Å². The van der Waals surface area contributed by atoms with Crippen molar-refractivity contribution in [3.8, 4) is 0 Å². The third kappa shape index (κ3) is 4.34. The summed E-state index contributed by atoms with van der Waals surface area (Å²) >= 11 is 0. The average molecular weight is 274 g/mol. The largest absolute Gasteiger partial charge is 0.325 e. The number of benzene rings is 1. The smallest absolute Gasteiger partial charge is 0.238 e. The van der Waals surface area contributed by atoms with Crippen molar-refractivity contribution in [2.24, 2.45) is 0 Å². The first-order chi connectivity index (χ1) is 9.45. The Morgan fingerprint density at radius 3 is 2.30 bits per heavy atom. The highest BCUT2D eigenvalue weighted by atomic mass is 16.1. The molecule has 0 bridgehead atoms. The van der Waals surface area contributed by atoms with Gasteiger partial charge in [0.25, 0.3) is 0 Å². The van der Waals surface area contributed by atoms with Crippen LogP contribution in [-0.4, -0.2) is 18.5 Å². The second-order valence-electron chi connectivity index (χ2n) is 6.74. The van der Waals surface area contributed by atoms with Gasteiger partial charge in [-0.3, -0.25) is 4.79 Å². The highest BCUT2D eigenvalue weighted by Gasteiger charge is 2.16. The van der Waals surface area contributed by atoms with Crippen LogP contribution in [0.1, 0.15) is 52.0 Å². The van der Waals surface area contributed by atoms with Crippen molar-refractivity contribution in [3.05, 3.63) is 29.8 Å². The predicted molar refractivity (Wildman–Crippen MR) is 84.0 cm³/mol. The van der Waals surface area contributed by atoms with E-state index in [0.29, 0.717) is 12.6 Å². The zero-order chi connectivity index (χ0) is 14.6. The quantitative estimate of drug-likeness (QED) is 0.883. The average Bonchev–Trinajstić information content (AvgIpc) is 2.89. The van der Waals surface area contributed by atoms with Gasteiger partial charge in [0.15, 0.2) is 0 Å². The van der Waals surface area contributed by atoms with Gasteiger partial charge >= 0.3 is 0 Å². The minimum absolute atomic E-state index is 0.0420. The molecule has 0 atom stereocenters. The summed E-state index contributed by atoms with van der Waals surface area (Å²) in [7, 11) is 0. The fourth-order valence-electron chi connectivity index (χ4n) is 2.63. The van der Waals surface area contributed by atoms with E-state index < -0.39 is 0 Å². The summed E-state index contributed by atoms with van der Waals surface area (Å²) in [6, 6.07) is 8.66. The minimum atomic E-state index is 0.0420. The number of nitrogens with one attached hydrogen (secondary N) is 2. The molecule has 1 aromatic rings. The van der Waals surface area contributed by atoms with Crippen LogP contribution in [0.2, 0.25) is 0 Å². The molecular formula is C17H26N2O. The lowest BCUT2D eigenvalue weighted by Gasteiger charge is -2.19. The predicted octanol–water partition coefficient (Wildman–Crippen LogP) is 3.45. The van der Waals surface area contributed by atoms with Gasteiger partial charge in [-0.1, -0.05) is 45.7 Å². The number of hydrogen-bond acceptors (Lipinski definition) is 2. The molecule has 20 heavy (non-hydrogen) atoms. The summed E-state index contributed by atoms with van der Waals surface area (Å²) in [4.78, 5) is 11.9. The second-order valence-corrected chi connectivity index (χ2v) is 6.74. The molecule has 0 saturated heterocycles. The van der Waals surface area contributed by atoms with E-state index in [-0.39, 0.29) is 11.3 Å². The molecule has 0 heterocycles. The Hall–Kier alpha value is -1.35. The molecule has 3 heteroatoms. The molecule has 0 radical (unpaired) electrons. The molecule has 1 amide bonds. The number of carbonyl (C=O) groups is 1. The molecule has 1 aliphatic carbocycles. The van der Waals surface area contributed by atoms with Crippen LogP contribution < -0.4 is 10.6 Å². The van der Waals surface area contributed by atoms with Crippen LogP contribution in [0, 0.1) is 0 Å². The van der Waals surface area contributed by atoms with Gasteiger partial charge in [-0.2, -0.15) is 0 Å². The molecule has 2 rings (SSSR count). The van der Waals surface area contributed by atoms with E-state index in [1.165, 1.54) is 31.2 Å². The van der Waals surface area contributed by atoms with Crippen molar-refractivity contribution in [3.63, 3.8) is 0 Å². The van der Waals surface area contributed by atoms with Crippen molar-refractivity contribution in [1.82, 2.24) is 5.32 Å². The molecule has 0 aromatic heterocycles. The van der Waals surface area contributed by atoms with Gasteiger partial charge in [0.05, 0.1) is 6.54 Å². The summed E-state index contributed by atoms with van der Waals surface area (Å²) in [5, 5.41) is 6.27. The van der Waals surface area contributed by atoms with E-state index in [4.69, 9.17) is 0 Å². The van der Waals surface area contributed by atoms with E-state index in [9.17, 15) is 4.79 Å². The van der Waals surface area contributed by atoms with Gasteiger partial charge in [0, 0.05) is 11.7 Å². The Bertz CT molecular complexity index is 439. The molecule has 1 aliphatic rings. The standard InChI is InChI=1S/C17H26N2O/c1-17(2,3)13-8-10-15(11-9-13)19-16(20)12-18-14-6-4-5-7-14/h8-11,14,18H,4-7,12H2,1-3H3,(H,19,20). The molecule has 110 valence electrons. The number of rotatable bonds is 4. The zero-order valence-electron chi connectivity index (χ0n) is 12.8. The molecule has 1 saturated carbocycles. The fraction of sp³-hybridized carbons (Fsp3) is 0.588. The van der Waals surface area contributed by atoms with Gasteiger partial charge in [-0.15, -0.1) is 0 Å². The van der Waals surface area contributed by atoms with E-state index in [0.717, 1.165) is 5.69 Å². The van der Waals surface area contributed by atoms with Crippen molar-refractivity contribution in [1.29, 1.82) is 0 Å². The first kappa shape index (κ1) is 15.0. The Balaban J connectivity index is 1.81. The monoisotopic (exact) mass is 274 g/mol. The van der Waals surface area contributed by atoms with Gasteiger partial charge in [-0.25, -0.2) is 0 Å². The van der Waals surface area contributed by atoms with Gasteiger partial charge < -0.3 is 10.6 Å². The second kappa shape index (κ2) is 6.40. The molecule has 1 aromatic carbocycles. The van der Waals surface area contributed by atoms with Crippen LogP contribution in [0.4, 0.5) is 5.69 Å². The lowest BCUT2D eigenvalue weighted by atomic mass is 9.87. The number of anilines is 1. The first-order valence-corrected chi connectivity index (χ1v) is 7.59. The Kier molecular flexibility index (Phi) is 4.81. The molecule has 3 nitrogen and oxygen atoms in total. The van der Waals surface area contributed by atoms with Crippen LogP contribution >= 0.6 is 0 Å². The molecular weight excluding hydrogens is 248 g/mol. The minimum Gasteiger partial charge on any atom is -0.325 e. The maximum absolute atomic E-state index is 11.9. The molecule has 0 aliphatic heterocycles. The summed E-state index contributed by atoms with van der Waals surface area (Å²) in [6.07, 6.45) is 4.97. The Morgan fingerprint density at radius 2 is 1.75 bits per heavy atom. The van der Waals surface area contributed by atoms with Crippen molar-refractivity contribution in [2.45, 2.75) is 57.9 Å². The van der Waals surface area contributed by atoms with Crippen molar-refractivity contribution >= 4 is 11.6 Å². The number of carbonyl (C=O) groups excluding carboxylic acids is 1. The summed E-state index contributed by atoms with van der Waals surface area (Å²) in [5.41, 5.74) is 2.29. The van der Waals surface area contributed by atoms with Gasteiger partial charge in [0.1, 0.15) is 0 Å². The molecule has 2 N–H and O–H groups in total. The van der Waals surface area contributed by atoms with E-state index in [1.54, 1.807) is 0 Å². The highest BCUT2D eigenvalue weighted by molar-refractivity contribution is 5.92. The van der Waals surface area contributed by atoms with E-state index >= 15 is 0 Å². The van der Waals surface area contributed by atoms with Gasteiger partial charge in [0.2, 0.25) is 5.91 Å². The fourth-order valence-corrected chi connectivity index (χ4v) is 2.63. The molecule has 0 spiro atoms. The third-order valence-electron chi connectivity index (χ3n) is 3.94. The van der Waals surface area contributed by atoms with Crippen molar-refractivity contribution in [2.75, 3.05) is 11.9 Å². The van der Waals surface area contributed by atoms with Crippen LogP contribution in [-0.2, 0) is 10.2 Å². The van der Waals surface area contributed by atoms with Crippen LogP contribution in [0.5, 0.6) is 0 Å². The summed E-state index contributed by atoms with van der Waals surface area (Å²) in [5.74, 6) is 0.0420. The highest BCUT2D eigenvalue weighted by Crippen LogP contribution is 2.23. The Morgan fingerprint density at radius 1 is 1.15 bits per heavy atom. The molecule has 0 unspecified atom stereocenters. The maximum Gasteiger partial charge on any atom is 0.238 e. The summed E-state index contributed by atoms with van der Waals surface area (Å²) < 4.78 is 0. The van der Waals surface area contributed by atoms with Crippen LogP contribution in [0.15, 0.2) is 24.3 Å².